The van der Waals surface area contributed by atoms with E-state index in [0.717, 1.165) is 13.0 Å². The zero-order valence-electron chi connectivity index (χ0n) is 17.3. The molecule has 1 aromatic carbocycles. The molecule has 0 atom stereocenters. The third-order valence-corrected chi connectivity index (χ3v) is 6.48. The molecule has 7 nitrogen and oxygen atoms in total. The van der Waals surface area contributed by atoms with Crippen LogP contribution in [-0.2, 0) is 6.42 Å². The van der Waals surface area contributed by atoms with E-state index < -0.39 is 5.82 Å². The fourth-order valence-corrected chi connectivity index (χ4v) is 4.53. The van der Waals surface area contributed by atoms with Gasteiger partial charge in [0.25, 0.3) is 11.5 Å². The van der Waals surface area contributed by atoms with Crippen molar-refractivity contribution in [2.45, 2.75) is 12.8 Å². The van der Waals surface area contributed by atoms with Gasteiger partial charge in [-0.25, -0.2) is 4.39 Å². The van der Waals surface area contributed by atoms with Gasteiger partial charge in [-0.05, 0) is 36.7 Å². The number of nitrogens with one attached hydrogen (secondary N) is 1. The number of aliphatic hydroxyl groups is 1. The van der Waals surface area contributed by atoms with Gasteiger partial charge in [0.1, 0.15) is 16.5 Å². The summed E-state index contributed by atoms with van der Waals surface area (Å²) in [5.41, 5.74) is 1.34. The molecule has 2 aromatic heterocycles. The molecule has 0 unspecified atom stereocenters. The number of benzene rings is 1. The second-order valence-corrected chi connectivity index (χ2v) is 8.58. The predicted molar refractivity (Wildman–Crippen MR) is 121 cm³/mol. The molecule has 0 aliphatic carbocycles. The molecule has 2 N–H and O–H groups in total. The van der Waals surface area contributed by atoms with Gasteiger partial charge in [-0.2, -0.15) is 0 Å². The van der Waals surface area contributed by atoms with Crippen LogP contribution in [0.5, 0.6) is 0 Å². The van der Waals surface area contributed by atoms with E-state index in [0.29, 0.717) is 49.4 Å². The number of halogens is 3. The van der Waals surface area contributed by atoms with Crippen molar-refractivity contribution in [3.63, 3.8) is 0 Å². The molecule has 1 fully saturated rings. The van der Waals surface area contributed by atoms with Gasteiger partial charge in [0.05, 0.1) is 17.2 Å². The minimum absolute atomic E-state index is 0.00964. The van der Waals surface area contributed by atoms with E-state index in [9.17, 15) is 14.0 Å². The Morgan fingerprint density at radius 3 is 2.75 bits per heavy atom. The van der Waals surface area contributed by atoms with E-state index in [2.05, 4.69) is 9.88 Å². The molecule has 3 heterocycles. The minimum atomic E-state index is -0.580. The summed E-state index contributed by atoms with van der Waals surface area (Å²) >= 11 is 12.4. The van der Waals surface area contributed by atoms with E-state index in [1.807, 2.05) is 0 Å². The van der Waals surface area contributed by atoms with Gasteiger partial charge in [0, 0.05) is 44.5 Å². The quantitative estimate of drug-likeness (QED) is 0.588. The number of carbonyl (C=O) groups excluding carboxylic acids is 1. The Morgan fingerprint density at radius 1 is 1.16 bits per heavy atom. The second kappa shape index (κ2) is 9.62. The minimum Gasteiger partial charge on any atom is -0.395 e. The Kier molecular flexibility index (Phi) is 6.85. The summed E-state index contributed by atoms with van der Waals surface area (Å²) in [4.78, 5) is 31.6. The number of rotatable bonds is 5. The lowest BCUT2D eigenvalue weighted by molar-refractivity contribution is 0.0755. The van der Waals surface area contributed by atoms with Gasteiger partial charge in [-0.1, -0.05) is 29.3 Å². The average molecular weight is 481 g/mol. The lowest BCUT2D eigenvalue weighted by Gasteiger charge is -2.22. The Bertz CT molecular complexity index is 1210. The van der Waals surface area contributed by atoms with Crippen LogP contribution in [0.1, 0.15) is 28.0 Å². The first-order valence-electron chi connectivity index (χ1n) is 10.4. The normalized spacial score (nSPS) is 15.3. The molecular weight excluding hydrogens is 458 g/mol. The van der Waals surface area contributed by atoms with Crippen LogP contribution in [0.2, 0.25) is 10.2 Å². The van der Waals surface area contributed by atoms with Crippen LogP contribution >= 0.6 is 23.2 Å². The van der Waals surface area contributed by atoms with E-state index in [-0.39, 0.29) is 33.8 Å². The lowest BCUT2D eigenvalue weighted by atomic mass is 10.0. The molecule has 1 aliphatic heterocycles. The largest absolute Gasteiger partial charge is 0.395 e. The van der Waals surface area contributed by atoms with Gasteiger partial charge in [-0.3, -0.25) is 18.9 Å². The van der Waals surface area contributed by atoms with Crippen LogP contribution in [0.15, 0.2) is 35.3 Å². The number of β-amino-alcohol motifs (C(OH)–C–C–N with tert-alkyl or cyclic N) is 1. The van der Waals surface area contributed by atoms with Crippen LogP contribution in [0, 0.1) is 5.82 Å². The molecular formula is C22H23Cl2FN4O3. The number of hydrogen-bond donors (Lipinski definition) is 2. The summed E-state index contributed by atoms with van der Waals surface area (Å²) in [5.74, 6) is -0.937. The van der Waals surface area contributed by atoms with Crippen molar-refractivity contribution in [3.05, 3.63) is 73.6 Å². The highest BCUT2D eigenvalue weighted by Crippen LogP contribution is 2.27. The number of hydrogen-bond acceptors (Lipinski definition) is 4. The number of nitrogens with zero attached hydrogens (tertiary/aromatic N) is 3. The molecule has 170 valence electrons. The monoisotopic (exact) mass is 480 g/mol. The second-order valence-electron chi connectivity index (χ2n) is 7.81. The van der Waals surface area contributed by atoms with Crippen LogP contribution in [0.4, 0.5) is 4.39 Å². The van der Waals surface area contributed by atoms with E-state index in [1.165, 1.54) is 18.3 Å². The molecule has 1 amide bonds. The van der Waals surface area contributed by atoms with Crippen LogP contribution in [0.25, 0.3) is 5.52 Å². The highest BCUT2D eigenvalue weighted by Gasteiger charge is 2.23. The number of aromatic amines is 1. The van der Waals surface area contributed by atoms with Crippen LogP contribution in [0.3, 0.4) is 0 Å². The maximum Gasteiger partial charge on any atom is 0.272 e. The third kappa shape index (κ3) is 4.54. The van der Waals surface area contributed by atoms with Gasteiger partial charge in [0.2, 0.25) is 0 Å². The average Bonchev–Trinajstić information content (AvgIpc) is 2.94. The number of H-pyrrole nitrogens is 1. The van der Waals surface area contributed by atoms with Crippen molar-refractivity contribution >= 4 is 34.6 Å². The lowest BCUT2D eigenvalue weighted by Crippen LogP contribution is -2.36. The summed E-state index contributed by atoms with van der Waals surface area (Å²) in [6, 6.07) is 5.92. The van der Waals surface area contributed by atoms with Crippen molar-refractivity contribution in [1.29, 1.82) is 0 Å². The predicted octanol–water partition coefficient (Wildman–Crippen LogP) is 2.80. The zero-order valence-corrected chi connectivity index (χ0v) is 18.8. The van der Waals surface area contributed by atoms with Crippen molar-refractivity contribution in [2.75, 3.05) is 39.3 Å². The number of amides is 1. The Hall–Kier alpha value is -2.39. The molecule has 0 saturated carbocycles. The van der Waals surface area contributed by atoms with Crippen molar-refractivity contribution in [3.8, 4) is 0 Å². The highest BCUT2D eigenvalue weighted by molar-refractivity contribution is 6.42. The first kappa shape index (κ1) is 22.8. The molecule has 10 heteroatoms. The maximum atomic E-state index is 14.6. The smallest absolute Gasteiger partial charge is 0.272 e. The zero-order chi connectivity index (χ0) is 22.8. The van der Waals surface area contributed by atoms with Crippen molar-refractivity contribution < 1.29 is 14.3 Å². The van der Waals surface area contributed by atoms with Gasteiger partial charge < -0.3 is 15.0 Å². The van der Waals surface area contributed by atoms with Crippen LogP contribution < -0.4 is 5.56 Å². The van der Waals surface area contributed by atoms with E-state index >= 15 is 0 Å². The summed E-state index contributed by atoms with van der Waals surface area (Å²) in [7, 11) is 0. The Labute approximate surface area is 194 Å². The Balaban J connectivity index is 1.60. The number of aliphatic hydroxyl groups excluding tert-OH is 1. The Morgan fingerprint density at radius 2 is 1.97 bits per heavy atom. The molecule has 3 aromatic rings. The number of fused-ring (bicyclic) bond motifs is 1. The SMILES string of the molecule is O=C(c1cc(Cc2c[nH]c(=O)c3cc(Cl)c(Cl)n23)ccc1F)N1CCCN(CCO)CC1. The standard InChI is InChI=1S/C22H23Cl2FN4O3/c23-17-12-19-21(31)26-13-15(29(19)20(17)24)10-14-2-3-18(25)16(11-14)22(32)28-5-1-4-27(6-7-28)8-9-30/h2-3,11-13,30H,1,4-10H2,(H,26,31). The first-order valence-corrected chi connectivity index (χ1v) is 11.1. The summed E-state index contributed by atoms with van der Waals surface area (Å²) in [6.45, 7) is 3.05. The molecule has 1 aliphatic rings. The maximum absolute atomic E-state index is 14.6. The number of carbonyl (C=O) groups is 1. The first-order chi connectivity index (χ1) is 15.4. The van der Waals surface area contributed by atoms with Crippen LogP contribution in [-0.4, -0.2) is 69.5 Å². The fraction of sp³-hybridized carbons (Fsp3) is 0.364. The fourth-order valence-electron chi connectivity index (χ4n) is 4.09. The van der Waals surface area contributed by atoms with Gasteiger partial charge in [0.15, 0.2) is 0 Å². The third-order valence-electron chi connectivity index (χ3n) is 5.73. The van der Waals surface area contributed by atoms with E-state index in [4.69, 9.17) is 28.3 Å². The molecule has 4 rings (SSSR count). The molecule has 1 saturated heterocycles. The van der Waals surface area contributed by atoms with Crippen molar-refractivity contribution in [2.24, 2.45) is 0 Å². The van der Waals surface area contributed by atoms with Gasteiger partial charge >= 0.3 is 0 Å². The summed E-state index contributed by atoms with van der Waals surface area (Å²) in [5, 5.41) is 9.62. The molecule has 0 spiro atoms. The topological polar surface area (TPSA) is 81.1 Å². The van der Waals surface area contributed by atoms with Crippen molar-refractivity contribution in [1.82, 2.24) is 19.2 Å². The molecule has 32 heavy (non-hydrogen) atoms. The molecule has 0 radical (unpaired) electrons. The molecule has 0 bridgehead atoms. The van der Waals surface area contributed by atoms with Gasteiger partial charge in [-0.15, -0.1) is 0 Å². The highest BCUT2D eigenvalue weighted by atomic mass is 35.5. The van der Waals surface area contributed by atoms with E-state index in [1.54, 1.807) is 21.4 Å². The summed E-state index contributed by atoms with van der Waals surface area (Å²) < 4.78 is 16.2. The summed E-state index contributed by atoms with van der Waals surface area (Å²) in [6.07, 6.45) is 2.60. The number of aromatic nitrogens is 2.